The van der Waals surface area contributed by atoms with E-state index in [-0.39, 0.29) is 65.1 Å². The van der Waals surface area contributed by atoms with Gasteiger partial charge in [0.25, 0.3) is 0 Å². The summed E-state index contributed by atoms with van der Waals surface area (Å²) in [5.74, 6) is 0. The van der Waals surface area contributed by atoms with Crippen LogP contribution in [0.15, 0.2) is 18.2 Å². The topological polar surface area (TPSA) is 0 Å². The van der Waals surface area contributed by atoms with Crippen molar-refractivity contribution in [3.63, 3.8) is 0 Å². The average Bonchev–Trinajstić information content (AvgIpc) is 2.75. The van der Waals surface area contributed by atoms with Gasteiger partial charge < -0.3 is 37.2 Å². The van der Waals surface area contributed by atoms with Gasteiger partial charge in [0.2, 0.25) is 0 Å². The minimum Gasteiger partial charge on any atom is -1.00 e. The fourth-order valence-electron chi connectivity index (χ4n) is 2.94. The van der Waals surface area contributed by atoms with Gasteiger partial charge >= 0.3 is 131 Å². The molecule has 0 fully saturated rings. The van der Waals surface area contributed by atoms with Crippen LogP contribution >= 0.6 is 5.21 Å². The molecule has 0 N–H and O–H groups in total. The summed E-state index contributed by atoms with van der Waals surface area (Å²) in [5, 5.41) is 0.283. The largest absolute Gasteiger partial charge is 1.00 e. The summed E-state index contributed by atoms with van der Waals surface area (Å²) in [6, 6.07) is 4.60. The number of hydrogen-bond donors (Lipinski definition) is 0. The molecule has 5 heteroatoms. The third-order valence-corrected chi connectivity index (χ3v) is 19.7. The standard InChI is InChI=1S/C11H11.C6H14P.3ClH.Zr/c1-8-6-7-9(2)11-5-3-4-10(8)11;1-5(2)7-6(3)4;;;;/h3-7H,1-2H3;5-6H,1-4H3;3*1H;/q;-1;;;;+4/p-3. The molecule has 0 aromatic heterocycles. The van der Waals surface area contributed by atoms with Crippen molar-refractivity contribution in [2.24, 2.45) is 0 Å². The molecule has 0 aliphatic heterocycles. The van der Waals surface area contributed by atoms with Gasteiger partial charge in [0.05, 0.1) is 0 Å². The Labute approximate surface area is 167 Å². The van der Waals surface area contributed by atoms with Crippen molar-refractivity contribution in [3.05, 3.63) is 40.5 Å². The SMILES string of the molecule is Cc1ccc(C)c2c1C=C[CH]2[Zr+3][P](C(C)C)C(C)C.[Cl-].[Cl-].[Cl-]. The number of rotatable bonds is 4. The molecular formula is C17H25Cl3PZr. The predicted octanol–water partition coefficient (Wildman–Crippen LogP) is -3.32. The first-order valence-electron chi connectivity index (χ1n) is 7.24. The first-order chi connectivity index (χ1) is 8.91. The van der Waals surface area contributed by atoms with Gasteiger partial charge in [-0.3, -0.25) is 0 Å². The number of halogens is 3. The van der Waals surface area contributed by atoms with Crippen LogP contribution in [0.5, 0.6) is 0 Å². The van der Waals surface area contributed by atoms with Crippen LogP contribution in [0.3, 0.4) is 0 Å². The van der Waals surface area contributed by atoms with Crippen molar-refractivity contribution in [1.82, 2.24) is 0 Å². The van der Waals surface area contributed by atoms with Gasteiger partial charge in [0, 0.05) is 0 Å². The predicted molar refractivity (Wildman–Crippen MR) is 84.9 cm³/mol. The minimum atomic E-state index is -0.380. The van der Waals surface area contributed by atoms with Gasteiger partial charge in [0.1, 0.15) is 0 Å². The van der Waals surface area contributed by atoms with Crippen LogP contribution in [0.4, 0.5) is 0 Å². The van der Waals surface area contributed by atoms with E-state index in [2.05, 4.69) is 65.8 Å². The summed E-state index contributed by atoms with van der Waals surface area (Å²) in [6.45, 7) is 14.3. The first kappa shape index (κ1) is 25.4. The molecule has 0 radical (unpaired) electrons. The van der Waals surface area contributed by atoms with Gasteiger partial charge in [0.15, 0.2) is 0 Å². The van der Waals surface area contributed by atoms with Crippen LogP contribution in [-0.2, 0) is 22.7 Å². The molecule has 1 aliphatic carbocycles. The minimum absolute atomic E-state index is 0. The molecule has 123 valence electrons. The molecule has 1 unspecified atom stereocenters. The van der Waals surface area contributed by atoms with Crippen molar-refractivity contribution < 1.29 is 59.9 Å². The Morgan fingerprint density at radius 2 is 1.41 bits per heavy atom. The van der Waals surface area contributed by atoms with E-state index >= 15 is 0 Å². The molecule has 2 rings (SSSR count). The van der Waals surface area contributed by atoms with E-state index in [4.69, 9.17) is 0 Å². The van der Waals surface area contributed by atoms with Crippen molar-refractivity contribution in [1.29, 1.82) is 0 Å². The van der Waals surface area contributed by atoms with Gasteiger partial charge in [-0.2, -0.15) is 0 Å². The third-order valence-electron chi connectivity index (χ3n) is 3.89. The quantitative estimate of drug-likeness (QED) is 0.415. The molecule has 22 heavy (non-hydrogen) atoms. The summed E-state index contributed by atoms with van der Waals surface area (Å²) in [4.78, 5) is 0. The number of fused-ring (bicyclic) bond motifs is 1. The Morgan fingerprint density at radius 1 is 0.909 bits per heavy atom. The molecule has 1 aromatic rings. The first-order valence-corrected chi connectivity index (χ1v) is 13.4. The number of benzene rings is 1. The van der Waals surface area contributed by atoms with Crippen molar-refractivity contribution in [2.75, 3.05) is 0 Å². The van der Waals surface area contributed by atoms with Gasteiger partial charge in [-0.25, -0.2) is 0 Å². The molecule has 0 spiro atoms. The second-order valence-corrected chi connectivity index (χ2v) is 16.5. The molecule has 0 saturated heterocycles. The second kappa shape index (κ2) is 10.9. The van der Waals surface area contributed by atoms with E-state index < -0.39 is 0 Å². The van der Waals surface area contributed by atoms with E-state index in [0.717, 1.165) is 14.9 Å². The maximum Gasteiger partial charge on any atom is -1.00 e. The van der Waals surface area contributed by atoms with E-state index in [1.807, 2.05) is 0 Å². The number of aryl methyl sites for hydroxylation is 2. The zero-order valence-electron chi connectivity index (χ0n) is 14.1. The molecule has 0 saturated carbocycles. The Kier molecular flexibility index (Phi) is 12.6. The molecule has 0 amide bonds. The molecule has 0 bridgehead atoms. The van der Waals surface area contributed by atoms with Crippen LogP contribution in [0, 0.1) is 13.8 Å². The fourth-order valence-corrected chi connectivity index (χ4v) is 14.8. The van der Waals surface area contributed by atoms with Crippen LogP contribution in [-0.4, -0.2) is 11.3 Å². The molecule has 0 nitrogen and oxygen atoms in total. The smallest absolute Gasteiger partial charge is 1.00 e. The fraction of sp³-hybridized carbons (Fsp3) is 0.529. The molecule has 1 aliphatic rings. The van der Waals surface area contributed by atoms with E-state index in [9.17, 15) is 0 Å². The summed E-state index contributed by atoms with van der Waals surface area (Å²) < 4.78 is 0.828. The van der Waals surface area contributed by atoms with Crippen molar-refractivity contribution in [3.8, 4) is 0 Å². The van der Waals surface area contributed by atoms with Crippen LogP contribution in [0.2, 0.25) is 0 Å². The van der Waals surface area contributed by atoms with Crippen molar-refractivity contribution in [2.45, 2.75) is 56.5 Å². The normalized spacial score (nSPS) is 15.0. The van der Waals surface area contributed by atoms with Crippen LogP contribution in [0.25, 0.3) is 6.08 Å². The average molecular weight is 458 g/mol. The Balaban J connectivity index is 0. The van der Waals surface area contributed by atoms with Crippen LogP contribution in [0.1, 0.15) is 53.6 Å². The van der Waals surface area contributed by atoms with Crippen molar-refractivity contribution >= 4 is 11.3 Å². The summed E-state index contributed by atoms with van der Waals surface area (Å²) in [7, 11) is 0. The number of allylic oxidation sites excluding steroid dienone is 1. The van der Waals surface area contributed by atoms with E-state index in [1.165, 1.54) is 16.7 Å². The molecular weight excluding hydrogens is 433 g/mol. The Hall–Kier alpha value is 1.14. The van der Waals surface area contributed by atoms with E-state index in [1.54, 1.807) is 5.56 Å². The number of hydrogen-bond acceptors (Lipinski definition) is 0. The van der Waals surface area contributed by atoms with Gasteiger partial charge in [-0.05, 0) is 0 Å². The zero-order chi connectivity index (χ0) is 14.2. The third kappa shape index (κ3) is 5.60. The summed E-state index contributed by atoms with van der Waals surface area (Å²) >= 11 is -0.380. The summed E-state index contributed by atoms with van der Waals surface area (Å²) in [5.41, 5.74) is 8.00. The molecule has 1 atom stereocenters. The maximum atomic E-state index is 2.52. The maximum absolute atomic E-state index is 2.52. The summed E-state index contributed by atoms with van der Waals surface area (Å²) in [6.07, 6.45) is 4.92. The Bertz CT molecular complexity index is 493. The Morgan fingerprint density at radius 3 is 1.91 bits per heavy atom. The van der Waals surface area contributed by atoms with Crippen LogP contribution < -0.4 is 37.2 Å². The second-order valence-electron chi connectivity index (χ2n) is 6.09. The monoisotopic (exact) mass is 455 g/mol. The zero-order valence-corrected chi connectivity index (χ0v) is 19.7. The molecule has 1 aromatic carbocycles. The molecule has 0 heterocycles. The van der Waals surface area contributed by atoms with E-state index in [0.29, 0.717) is 0 Å². The van der Waals surface area contributed by atoms with Gasteiger partial charge in [-0.15, -0.1) is 0 Å². The van der Waals surface area contributed by atoms with Gasteiger partial charge in [-0.1, -0.05) is 0 Å².